The second-order valence-corrected chi connectivity index (χ2v) is 7.71. The molecule has 0 amide bonds. The van der Waals surface area contributed by atoms with Crippen LogP contribution in [0.25, 0.3) is 0 Å². The maximum Gasteiger partial charge on any atom is 0.123 e. The lowest BCUT2D eigenvalue weighted by Gasteiger charge is -2.55. The minimum atomic E-state index is 0.00211. The van der Waals surface area contributed by atoms with Crippen LogP contribution in [0.3, 0.4) is 0 Å². The number of alkyl halides is 1. The van der Waals surface area contributed by atoms with Gasteiger partial charge in [0.2, 0.25) is 0 Å². The highest BCUT2D eigenvalue weighted by molar-refractivity contribution is 9.09. The predicted molar refractivity (Wildman–Crippen MR) is 78.4 cm³/mol. The molecule has 1 fully saturated rings. The van der Waals surface area contributed by atoms with Crippen LogP contribution in [0.2, 0.25) is 0 Å². The Balaban J connectivity index is 2.04. The summed E-state index contributed by atoms with van der Waals surface area (Å²) in [5.41, 5.74) is 1.65. The van der Waals surface area contributed by atoms with Gasteiger partial charge in [0.15, 0.2) is 0 Å². The first-order chi connectivity index (χ1) is 8.43. The van der Waals surface area contributed by atoms with Crippen LogP contribution in [0, 0.1) is 11.3 Å². The molecular weight excluding hydrogens is 288 g/mol. The van der Waals surface area contributed by atoms with Crippen LogP contribution in [0.1, 0.15) is 39.2 Å². The summed E-state index contributed by atoms with van der Waals surface area (Å²) in [5.74, 6) is 1.68. The standard InChI is InChI=1S/C16H21BrO/c1-15(2)13-10-11-6-4-5-7-12(11)18-16(13,3)9-8-14(15)17/h4-7,13-14H,8-10H2,1-3H3/t13-,14-,16+/m0/s1. The van der Waals surface area contributed by atoms with E-state index >= 15 is 0 Å². The SMILES string of the molecule is CC1(C)[C@@H](Br)CC[C@@]2(C)Oc3ccccc3C[C@@H]12. The van der Waals surface area contributed by atoms with E-state index in [9.17, 15) is 0 Å². The summed E-state index contributed by atoms with van der Waals surface area (Å²) in [4.78, 5) is 0.594. The molecule has 1 saturated carbocycles. The average molecular weight is 309 g/mol. The number of fused-ring (bicyclic) bond motifs is 2. The third kappa shape index (κ3) is 1.72. The number of rotatable bonds is 0. The summed E-state index contributed by atoms with van der Waals surface area (Å²) < 4.78 is 6.39. The van der Waals surface area contributed by atoms with Gasteiger partial charge < -0.3 is 4.74 Å². The highest BCUT2D eigenvalue weighted by Crippen LogP contribution is 2.54. The largest absolute Gasteiger partial charge is 0.487 e. The van der Waals surface area contributed by atoms with Crippen LogP contribution < -0.4 is 4.74 Å². The minimum absolute atomic E-state index is 0.00211. The molecule has 0 N–H and O–H groups in total. The molecular formula is C16H21BrO. The summed E-state index contributed by atoms with van der Waals surface area (Å²) in [6, 6.07) is 8.52. The Hall–Kier alpha value is -0.500. The number of halogens is 1. The molecule has 1 heterocycles. The van der Waals surface area contributed by atoms with Gasteiger partial charge in [0.25, 0.3) is 0 Å². The first-order valence-electron chi connectivity index (χ1n) is 6.84. The highest BCUT2D eigenvalue weighted by atomic mass is 79.9. The number of hydrogen-bond donors (Lipinski definition) is 0. The van der Waals surface area contributed by atoms with Crippen molar-refractivity contribution in [3.63, 3.8) is 0 Å². The van der Waals surface area contributed by atoms with Gasteiger partial charge in [-0.15, -0.1) is 0 Å². The molecule has 0 radical (unpaired) electrons. The zero-order chi connectivity index (χ0) is 13.0. The molecule has 98 valence electrons. The molecule has 0 saturated heterocycles. The average Bonchev–Trinajstić information content (AvgIpc) is 2.33. The normalized spacial score (nSPS) is 37.3. The Morgan fingerprint density at radius 1 is 1.22 bits per heavy atom. The van der Waals surface area contributed by atoms with Gasteiger partial charge in [-0.25, -0.2) is 0 Å². The van der Waals surface area contributed by atoms with Gasteiger partial charge in [-0.2, -0.15) is 0 Å². The first kappa shape index (κ1) is 12.5. The van der Waals surface area contributed by atoms with E-state index in [1.807, 2.05) is 0 Å². The fraction of sp³-hybridized carbons (Fsp3) is 0.625. The van der Waals surface area contributed by atoms with Gasteiger partial charge in [-0.3, -0.25) is 0 Å². The van der Waals surface area contributed by atoms with Gasteiger partial charge in [0.1, 0.15) is 11.4 Å². The van der Waals surface area contributed by atoms with Crippen LogP contribution in [0.5, 0.6) is 5.75 Å². The van der Waals surface area contributed by atoms with Crippen molar-refractivity contribution in [2.24, 2.45) is 11.3 Å². The maximum absolute atomic E-state index is 6.39. The summed E-state index contributed by atoms with van der Waals surface area (Å²) >= 11 is 3.88. The van der Waals surface area contributed by atoms with Crippen LogP contribution in [-0.2, 0) is 6.42 Å². The van der Waals surface area contributed by atoms with Crippen molar-refractivity contribution in [2.75, 3.05) is 0 Å². The Kier molecular flexibility index (Phi) is 2.78. The van der Waals surface area contributed by atoms with Crippen LogP contribution >= 0.6 is 15.9 Å². The smallest absolute Gasteiger partial charge is 0.123 e. The Bertz CT molecular complexity index is 468. The van der Waals surface area contributed by atoms with Gasteiger partial charge in [-0.1, -0.05) is 48.0 Å². The molecule has 0 spiro atoms. The molecule has 1 aromatic carbocycles. The maximum atomic E-state index is 6.39. The number of hydrogen-bond acceptors (Lipinski definition) is 1. The molecule has 0 unspecified atom stereocenters. The van der Waals surface area contributed by atoms with E-state index in [0.717, 1.165) is 18.6 Å². The monoisotopic (exact) mass is 308 g/mol. The fourth-order valence-corrected chi connectivity index (χ4v) is 4.36. The second kappa shape index (κ2) is 4.00. The number of para-hydroxylation sites is 1. The minimum Gasteiger partial charge on any atom is -0.487 e. The predicted octanol–water partition coefficient (Wildman–Crippen LogP) is 4.58. The second-order valence-electron chi connectivity index (χ2n) is 6.61. The first-order valence-corrected chi connectivity index (χ1v) is 7.76. The summed E-state index contributed by atoms with van der Waals surface area (Å²) in [7, 11) is 0. The molecule has 3 atom stereocenters. The lowest BCUT2D eigenvalue weighted by molar-refractivity contribution is -0.0772. The number of benzene rings is 1. The zero-order valence-corrected chi connectivity index (χ0v) is 13.0. The van der Waals surface area contributed by atoms with Gasteiger partial charge >= 0.3 is 0 Å². The molecule has 2 heteroatoms. The van der Waals surface area contributed by atoms with E-state index in [-0.39, 0.29) is 11.0 Å². The van der Waals surface area contributed by atoms with Crippen LogP contribution in [0.4, 0.5) is 0 Å². The third-order valence-corrected chi connectivity index (χ3v) is 6.71. The number of ether oxygens (including phenoxy) is 1. The van der Waals surface area contributed by atoms with E-state index in [4.69, 9.17) is 4.74 Å². The summed E-state index contributed by atoms with van der Waals surface area (Å²) in [6.45, 7) is 7.06. The van der Waals surface area contributed by atoms with Crippen molar-refractivity contribution in [2.45, 2.75) is 50.5 Å². The molecule has 1 aliphatic carbocycles. The molecule has 0 aromatic heterocycles. The van der Waals surface area contributed by atoms with Crippen molar-refractivity contribution in [1.82, 2.24) is 0 Å². The van der Waals surface area contributed by atoms with Crippen LogP contribution in [-0.4, -0.2) is 10.4 Å². The van der Waals surface area contributed by atoms with E-state index in [1.54, 1.807) is 0 Å². The Morgan fingerprint density at radius 3 is 2.72 bits per heavy atom. The fourth-order valence-electron chi connectivity index (χ4n) is 3.81. The van der Waals surface area contributed by atoms with Crippen molar-refractivity contribution in [1.29, 1.82) is 0 Å². The quantitative estimate of drug-likeness (QED) is 0.637. The van der Waals surface area contributed by atoms with E-state index in [0.29, 0.717) is 10.7 Å². The van der Waals surface area contributed by atoms with Crippen LogP contribution in [0.15, 0.2) is 24.3 Å². The summed E-state index contributed by atoms with van der Waals surface area (Å²) in [5, 5.41) is 0. The highest BCUT2D eigenvalue weighted by Gasteiger charge is 2.53. The molecule has 3 rings (SSSR count). The van der Waals surface area contributed by atoms with Crippen molar-refractivity contribution < 1.29 is 4.74 Å². The lowest BCUT2D eigenvalue weighted by Crippen LogP contribution is -2.57. The molecule has 0 bridgehead atoms. The Morgan fingerprint density at radius 2 is 1.94 bits per heavy atom. The molecule has 2 aliphatic rings. The van der Waals surface area contributed by atoms with Crippen molar-refractivity contribution >= 4 is 15.9 Å². The van der Waals surface area contributed by atoms with Gasteiger partial charge in [0.05, 0.1) is 0 Å². The van der Waals surface area contributed by atoms with Gasteiger partial charge in [0, 0.05) is 10.7 Å². The molecule has 1 aromatic rings. The molecule has 1 aliphatic heterocycles. The van der Waals surface area contributed by atoms with E-state index < -0.39 is 0 Å². The van der Waals surface area contributed by atoms with E-state index in [1.165, 1.54) is 12.0 Å². The van der Waals surface area contributed by atoms with E-state index in [2.05, 4.69) is 61.0 Å². The van der Waals surface area contributed by atoms with Crippen molar-refractivity contribution in [3.8, 4) is 5.75 Å². The van der Waals surface area contributed by atoms with Gasteiger partial charge in [-0.05, 0) is 43.2 Å². The molecule has 18 heavy (non-hydrogen) atoms. The summed E-state index contributed by atoms with van der Waals surface area (Å²) in [6.07, 6.45) is 3.48. The van der Waals surface area contributed by atoms with Crippen molar-refractivity contribution in [3.05, 3.63) is 29.8 Å². The lowest BCUT2D eigenvalue weighted by atomic mass is 9.59. The molecule has 1 nitrogen and oxygen atoms in total. The topological polar surface area (TPSA) is 9.23 Å². The Labute approximate surface area is 118 Å². The zero-order valence-electron chi connectivity index (χ0n) is 11.4. The third-order valence-electron chi connectivity index (χ3n) is 5.08.